The van der Waals surface area contributed by atoms with E-state index in [1.54, 1.807) is 0 Å². The number of nitrogens with zero attached hydrogens (tertiary/aromatic N) is 1. The number of hydrogen-bond donors (Lipinski definition) is 2. The molecule has 1 aliphatic heterocycles. The molecule has 1 aromatic rings. The van der Waals surface area contributed by atoms with Crippen LogP contribution in [0.1, 0.15) is 12.8 Å². The summed E-state index contributed by atoms with van der Waals surface area (Å²) in [4.78, 5) is 14.5. The van der Waals surface area contributed by atoms with Crippen LogP contribution in [0.2, 0.25) is 0 Å². The molecule has 2 rings (SSSR count). The molecule has 1 saturated heterocycles. The number of hydrogen-bond acceptors (Lipinski definition) is 3. The monoisotopic (exact) mass is 625 g/mol. The Morgan fingerprint density at radius 2 is 2.00 bits per heavy atom. The number of amides is 1. The summed E-state index contributed by atoms with van der Waals surface area (Å²) in [7, 11) is 0. The number of nitrogens with two attached hydrogens (primary N) is 1. The van der Waals surface area contributed by atoms with Crippen molar-refractivity contribution in [1.82, 2.24) is 4.90 Å². The van der Waals surface area contributed by atoms with E-state index < -0.39 is 0 Å². The third-order valence-corrected chi connectivity index (χ3v) is 5.90. The predicted octanol–water partition coefficient (Wildman–Crippen LogP) is 3.11. The van der Waals surface area contributed by atoms with Gasteiger partial charge in [-0.3, -0.25) is 9.69 Å². The lowest BCUT2D eigenvalue weighted by Gasteiger charge is -2.31. The number of carbonyl (C=O) groups excluding carboxylic acids is 1. The predicted molar refractivity (Wildman–Crippen MR) is 111 cm³/mol. The van der Waals surface area contributed by atoms with Gasteiger partial charge in [-0.15, -0.1) is 0 Å². The zero-order valence-corrected chi connectivity index (χ0v) is 18.0. The maximum atomic E-state index is 12.3. The van der Waals surface area contributed by atoms with Crippen molar-refractivity contribution in [1.29, 1.82) is 0 Å². The van der Waals surface area contributed by atoms with Gasteiger partial charge in [-0.2, -0.15) is 0 Å². The first-order valence-corrected chi connectivity index (χ1v) is 10.1. The van der Waals surface area contributed by atoms with Crippen LogP contribution in [0.25, 0.3) is 0 Å². The summed E-state index contributed by atoms with van der Waals surface area (Å²) in [6.07, 6.45) is 2.31. The van der Waals surface area contributed by atoms with Gasteiger partial charge >= 0.3 is 0 Å². The third kappa shape index (κ3) is 5.43. The summed E-state index contributed by atoms with van der Waals surface area (Å²) >= 11 is 6.83. The zero-order chi connectivity index (χ0) is 15.4. The Balaban J connectivity index is 1.96. The summed E-state index contributed by atoms with van der Waals surface area (Å²) in [5.74, 6) is 0.592. The molecular formula is C14H18I3N3O. The molecule has 1 unspecified atom stereocenters. The van der Waals surface area contributed by atoms with E-state index in [0.29, 0.717) is 19.0 Å². The van der Waals surface area contributed by atoms with Gasteiger partial charge < -0.3 is 11.1 Å². The molecule has 21 heavy (non-hydrogen) atoms. The molecule has 0 aliphatic carbocycles. The van der Waals surface area contributed by atoms with Crippen molar-refractivity contribution in [3.05, 3.63) is 22.8 Å². The van der Waals surface area contributed by atoms with Crippen molar-refractivity contribution < 1.29 is 4.79 Å². The first-order chi connectivity index (χ1) is 9.99. The smallest absolute Gasteiger partial charge is 0.238 e. The van der Waals surface area contributed by atoms with Crippen LogP contribution in [0.4, 0.5) is 5.69 Å². The van der Waals surface area contributed by atoms with Gasteiger partial charge in [0, 0.05) is 17.3 Å². The SMILES string of the molecule is NCC1CCCN(CC(=O)Nc2c(I)cc(I)cc2I)C1. The number of halogens is 3. The van der Waals surface area contributed by atoms with E-state index in [0.717, 1.165) is 32.3 Å². The van der Waals surface area contributed by atoms with Crippen molar-refractivity contribution in [3.8, 4) is 0 Å². The molecular weight excluding hydrogens is 607 g/mol. The van der Waals surface area contributed by atoms with Gasteiger partial charge in [-0.1, -0.05) is 0 Å². The molecule has 3 N–H and O–H groups in total. The Bertz CT molecular complexity index is 501. The first-order valence-electron chi connectivity index (χ1n) is 6.86. The lowest BCUT2D eigenvalue weighted by Crippen LogP contribution is -2.42. The Hall–Kier alpha value is 0.800. The molecule has 0 aromatic heterocycles. The molecule has 1 aromatic carbocycles. The molecule has 4 nitrogen and oxygen atoms in total. The summed E-state index contributed by atoms with van der Waals surface area (Å²) in [5.41, 5.74) is 6.67. The van der Waals surface area contributed by atoms with Gasteiger partial charge in [0.25, 0.3) is 0 Å². The minimum absolute atomic E-state index is 0.0599. The van der Waals surface area contributed by atoms with Crippen LogP contribution in [-0.2, 0) is 4.79 Å². The topological polar surface area (TPSA) is 58.4 Å². The number of piperidine rings is 1. The minimum Gasteiger partial charge on any atom is -0.330 e. The molecule has 0 saturated carbocycles. The Morgan fingerprint density at radius 1 is 1.33 bits per heavy atom. The summed E-state index contributed by atoms with van der Waals surface area (Å²) in [6.45, 7) is 3.09. The highest BCUT2D eigenvalue weighted by atomic mass is 127. The molecule has 1 atom stereocenters. The van der Waals surface area contributed by atoms with Gasteiger partial charge in [0.1, 0.15) is 0 Å². The van der Waals surface area contributed by atoms with Gasteiger partial charge in [0.2, 0.25) is 5.91 Å². The molecule has 1 amide bonds. The lowest BCUT2D eigenvalue weighted by atomic mass is 9.98. The molecule has 7 heteroatoms. The fourth-order valence-electron chi connectivity index (χ4n) is 2.53. The molecule has 0 spiro atoms. The molecule has 1 aliphatic rings. The minimum atomic E-state index is 0.0599. The Kier molecular flexibility index (Phi) is 7.43. The van der Waals surface area contributed by atoms with Crippen LogP contribution in [0.3, 0.4) is 0 Å². The van der Waals surface area contributed by atoms with Crippen LogP contribution in [-0.4, -0.2) is 37.0 Å². The van der Waals surface area contributed by atoms with Crippen molar-refractivity contribution in [2.45, 2.75) is 12.8 Å². The van der Waals surface area contributed by atoms with E-state index in [9.17, 15) is 4.79 Å². The average molecular weight is 625 g/mol. The van der Waals surface area contributed by atoms with Crippen molar-refractivity contribution in [2.24, 2.45) is 11.7 Å². The van der Waals surface area contributed by atoms with Crippen LogP contribution in [0.15, 0.2) is 12.1 Å². The molecule has 0 bridgehead atoms. The fraction of sp³-hybridized carbons (Fsp3) is 0.500. The largest absolute Gasteiger partial charge is 0.330 e. The van der Waals surface area contributed by atoms with Gasteiger partial charge in [-0.25, -0.2) is 0 Å². The molecule has 1 heterocycles. The van der Waals surface area contributed by atoms with Crippen molar-refractivity contribution in [3.63, 3.8) is 0 Å². The highest BCUT2D eigenvalue weighted by Gasteiger charge is 2.21. The molecule has 1 fully saturated rings. The van der Waals surface area contributed by atoms with E-state index in [1.807, 2.05) is 0 Å². The number of nitrogens with one attached hydrogen (secondary N) is 1. The average Bonchev–Trinajstić information content (AvgIpc) is 2.43. The second-order valence-corrected chi connectivity index (χ2v) is 8.84. The van der Waals surface area contributed by atoms with E-state index in [1.165, 1.54) is 9.99 Å². The van der Waals surface area contributed by atoms with Gasteiger partial charge in [0.15, 0.2) is 0 Å². The second kappa shape index (κ2) is 8.60. The zero-order valence-electron chi connectivity index (χ0n) is 11.5. The van der Waals surface area contributed by atoms with E-state index in [2.05, 4.69) is 90.1 Å². The quantitative estimate of drug-likeness (QED) is 0.507. The lowest BCUT2D eigenvalue weighted by molar-refractivity contribution is -0.117. The van der Waals surface area contributed by atoms with Crippen LogP contribution in [0, 0.1) is 16.6 Å². The van der Waals surface area contributed by atoms with Gasteiger partial charge in [0.05, 0.1) is 12.2 Å². The summed E-state index contributed by atoms with van der Waals surface area (Å²) in [5, 5.41) is 3.06. The molecule has 0 radical (unpaired) electrons. The maximum Gasteiger partial charge on any atom is 0.238 e. The fourth-order valence-corrected chi connectivity index (χ4v) is 6.38. The third-order valence-electron chi connectivity index (χ3n) is 3.57. The van der Waals surface area contributed by atoms with Crippen LogP contribution >= 0.6 is 67.8 Å². The standard InChI is InChI=1S/C14H18I3N3O/c15-10-4-11(16)14(12(17)5-10)19-13(21)8-20-3-1-2-9(6-18)7-20/h4-5,9H,1-3,6-8,18H2,(H,19,21). The first kappa shape index (κ1) is 18.1. The van der Waals surface area contributed by atoms with Crippen LogP contribution < -0.4 is 11.1 Å². The summed E-state index contributed by atoms with van der Waals surface area (Å²) in [6, 6.07) is 4.15. The van der Waals surface area contributed by atoms with Crippen molar-refractivity contribution in [2.75, 3.05) is 31.5 Å². The number of rotatable bonds is 4. The van der Waals surface area contributed by atoms with Gasteiger partial charge in [-0.05, 0) is 112 Å². The number of anilines is 1. The Labute approximate surface area is 166 Å². The molecule has 116 valence electrons. The van der Waals surface area contributed by atoms with Crippen LogP contribution in [0.5, 0.6) is 0 Å². The highest BCUT2D eigenvalue weighted by molar-refractivity contribution is 14.1. The van der Waals surface area contributed by atoms with E-state index in [4.69, 9.17) is 5.73 Å². The number of benzene rings is 1. The maximum absolute atomic E-state index is 12.3. The number of likely N-dealkylation sites (tertiary alicyclic amines) is 1. The van der Waals surface area contributed by atoms with E-state index >= 15 is 0 Å². The highest BCUT2D eigenvalue weighted by Crippen LogP contribution is 2.27. The summed E-state index contributed by atoms with van der Waals surface area (Å²) < 4.78 is 3.34. The Morgan fingerprint density at radius 3 is 2.62 bits per heavy atom. The normalized spacial score (nSPS) is 19.5. The second-order valence-electron chi connectivity index (χ2n) is 5.27. The van der Waals surface area contributed by atoms with Crippen molar-refractivity contribution >= 4 is 79.4 Å². The number of carbonyl (C=O) groups is 1. The van der Waals surface area contributed by atoms with E-state index in [-0.39, 0.29) is 5.91 Å².